The number of benzene rings is 3. The Morgan fingerprint density at radius 1 is 0.929 bits per heavy atom. The van der Waals surface area contributed by atoms with Gasteiger partial charge in [0.1, 0.15) is 5.01 Å². The van der Waals surface area contributed by atoms with Gasteiger partial charge in [-0.25, -0.2) is 4.98 Å². The quantitative estimate of drug-likeness (QED) is 0.396. The molecule has 0 bridgehead atoms. The Bertz CT molecular complexity index is 1110. The fourth-order valence-electron chi connectivity index (χ4n) is 2.89. The topological polar surface area (TPSA) is 42.0 Å². The van der Waals surface area contributed by atoms with E-state index in [-0.39, 0.29) is 5.91 Å². The fraction of sp³-hybridized carbons (Fsp3) is 0.0435. The first-order chi connectivity index (χ1) is 13.7. The van der Waals surface area contributed by atoms with Crippen molar-refractivity contribution in [2.24, 2.45) is 0 Å². The largest absolute Gasteiger partial charge is 0.348 e. The molecule has 28 heavy (non-hydrogen) atoms. The molecule has 0 saturated heterocycles. The van der Waals surface area contributed by atoms with Gasteiger partial charge in [0, 0.05) is 27.5 Å². The van der Waals surface area contributed by atoms with E-state index >= 15 is 0 Å². The Balaban J connectivity index is 1.49. The molecular formula is C23H17BrN2OS. The van der Waals surface area contributed by atoms with Gasteiger partial charge in [-0.1, -0.05) is 60.7 Å². The summed E-state index contributed by atoms with van der Waals surface area (Å²) in [6.07, 6.45) is 0. The third-order valence-electron chi connectivity index (χ3n) is 4.32. The number of carbonyl (C=O) groups excluding carboxylic acids is 1. The molecule has 1 heterocycles. The molecule has 0 spiro atoms. The second-order valence-electron chi connectivity index (χ2n) is 6.27. The van der Waals surface area contributed by atoms with E-state index in [4.69, 9.17) is 4.98 Å². The monoisotopic (exact) mass is 448 g/mol. The molecule has 3 aromatic carbocycles. The van der Waals surface area contributed by atoms with Crippen molar-refractivity contribution in [2.75, 3.05) is 0 Å². The van der Waals surface area contributed by atoms with Gasteiger partial charge in [0.2, 0.25) is 0 Å². The van der Waals surface area contributed by atoms with Gasteiger partial charge >= 0.3 is 0 Å². The summed E-state index contributed by atoms with van der Waals surface area (Å²) in [7, 11) is 0. The minimum Gasteiger partial charge on any atom is -0.348 e. The summed E-state index contributed by atoms with van der Waals surface area (Å²) in [5.41, 5.74) is 4.82. The molecule has 0 aliphatic heterocycles. The van der Waals surface area contributed by atoms with Gasteiger partial charge in [-0.15, -0.1) is 11.3 Å². The minimum atomic E-state index is -0.0986. The van der Waals surface area contributed by atoms with Crippen LogP contribution in [0.15, 0.2) is 88.7 Å². The molecule has 0 saturated carbocycles. The van der Waals surface area contributed by atoms with E-state index in [0.717, 1.165) is 31.9 Å². The van der Waals surface area contributed by atoms with Crippen molar-refractivity contribution in [1.29, 1.82) is 0 Å². The van der Waals surface area contributed by atoms with Crippen LogP contribution in [0.4, 0.5) is 0 Å². The summed E-state index contributed by atoms with van der Waals surface area (Å²) < 4.78 is 0.789. The van der Waals surface area contributed by atoms with Crippen LogP contribution in [0, 0.1) is 0 Å². The van der Waals surface area contributed by atoms with Crippen molar-refractivity contribution in [2.45, 2.75) is 6.54 Å². The van der Waals surface area contributed by atoms with Gasteiger partial charge in [-0.2, -0.15) is 0 Å². The van der Waals surface area contributed by atoms with Gasteiger partial charge in [-0.05, 0) is 39.7 Å². The molecule has 1 aromatic heterocycles. The van der Waals surface area contributed by atoms with Gasteiger partial charge in [-0.3, -0.25) is 4.79 Å². The lowest BCUT2D eigenvalue weighted by atomic mass is 10.1. The van der Waals surface area contributed by atoms with E-state index in [1.54, 1.807) is 17.4 Å². The molecule has 5 heteroatoms. The van der Waals surface area contributed by atoms with E-state index in [1.807, 2.05) is 54.6 Å². The normalized spacial score (nSPS) is 10.6. The highest BCUT2D eigenvalue weighted by Gasteiger charge is 2.10. The van der Waals surface area contributed by atoms with Crippen molar-refractivity contribution in [3.63, 3.8) is 0 Å². The summed E-state index contributed by atoms with van der Waals surface area (Å²) in [6.45, 7) is 0.463. The van der Waals surface area contributed by atoms with E-state index in [1.165, 1.54) is 0 Å². The first-order valence-corrected chi connectivity index (χ1v) is 10.5. The summed E-state index contributed by atoms with van der Waals surface area (Å²) in [4.78, 5) is 17.2. The predicted octanol–water partition coefficient (Wildman–Crippen LogP) is 6.17. The van der Waals surface area contributed by atoms with E-state index < -0.39 is 0 Å². The Hall–Kier alpha value is -2.76. The van der Waals surface area contributed by atoms with Gasteiger partial charge < -0.3 is 5.32 Å². The number of nitrogens with one attached hydrogen (secondary N) is 1. The molecule has 0 fully saturated rings. The maximum Gasteiger partial charge on any atom is 0.252 e. The average molecular weight is 449 g/mol. The molecule has 4 rings (SSSR count). The van der Waals surface area contributed by atoms with Crippen LogP contribution in [-0.4, -0.2) is 10.9 Å². The zero-order valence-electron chi connectivity index (χ0n) is 14.9. The van der Waals surface area contributed by atoms with E-state index in [9.17, 15) is 4.79 Å². The highest BCUT2D eigenvalue weighted by atomic mass is 79.9. The van der Waals surface area contributed by atoms with Crippen molar-refractivity contribution in [3.8, 4) is 21.8 Å². The van der Waals surface area contributed by atoms with Crippen LogP contribution >= 0.6 is 27.3 Å². The van der Waals surface area contributed by atoms with Crippen LogP contribution in [0.1, 0.15) is 15.9 Å². The van der Waals surface area contributed by atoms with E-state index in [2.05, 4.69) is 44.8 Å². The van der Waals surface area contributed by atoms with Crippen molar-refractivity contribution >= 4 is 33.2 Å². The maximum absolute atomic E-state index is 12.4. The highest BCUT2D eigenvalue weighted by molar-refractivity contribution is 9.10. The smallest absolute Gasteiger partial charge is 0.252 e. The molecule has 1 amide bonds. The van der Waals surface area contributed by atoms with Crippen LogP contribution in [0.25, 0.3) is 21.8 Å². The Labute approximate surface area is 176 Å². The number of thiazole rings is 1. The molecular weight excluding hydrogens is 432 g/mol. The second-order valence-corrected chi connectivity index (χ2v) is 7.98. The minimum absolute atomic E-state index is 0.0986. The summed E-state index contributed by atoms with van der Waals surface area (Å²) in [5.74, 6) is -0.0986. The fourth-order valence-corrected chi connectivity index (χ4v) is 4.18. The number of halogens is 1. The number of aromatic nitrogens is 1. The third-order valence-corrected chi connectivity index (χ3v) is 5.90. The second kappa shape index (κ2) is 8.50. The number of amides is 1. The van der Waals surface area contributed by atoms with E-state index in [0.29, 0.717) is 12.1 Å². The van der Waals surface area contributed by atoms with Crippen LogP contribution in [-0.2, 0) is 6.54 Å². The van der Waals surface area contributed by atoms with Crippen LogP contribution < -0.4 is 5.32 Å². The first kappa shape index (κ1) is 18.6. The Kier molecular flexibility index (Phi) is 5.65. The molecule has 138 valence electrons. The first-order valence-electron chi connectivity index (χ1n) is 8.84. The molecule has 1 N–H and O–H groups in total. The zero-order valence-corrected chi connectivity index (χ0v) is 17.3. The summed E-state index contributed by atoms with van der Waals surface area (Å²) >= 11 is 5.04. The molecule has 0 unspecified atom stereocenters. The number of hydrogen-bond donors (Lipinski definition) is 1. The van der Waals surface area contributed by atoms with Gasteiger partial charge in [0.25, 0.3) is 5.91 Å². The van der Waals surface area contributed by atoms with Crippen molar-refractivity contribution in [3.05, 3.63) is 99.8 Å². The van der Waals surface area contributed by atoms with Crippen molar-refractivity contribution < 1.29 is 4.79 Å². The molecule has 0 atom stereocenters. The maximum atomic E-state index is 12.4. The summed E-state index contributed by atoms with van der Waals surface area (Å²) in [6, 6.07) is 25.7. The molecule has 0 aliphatic carbocycles. The predicted molar refractivity (Wildman–Crippen MR) is 118 cm³/mol. The van der Waals surface area contributed by atoms with Crippen LogP contribution in [0.5, 0.6) is 0 Å². The lowest BCUT2D eigenvalue weighted by molar-refractivity contribution is 0.0950. The number of carbonyl (C=O) groups is 1. The summed E-state index contributed by atoms with van der Waals surface area (Å²) in [5, 5.41) is 6.03. The average Bonchev–Trinajstić information content (AvgIpc) is 3.24. The van der Waals surface area contributed by atoms with Gasteiger partial charge in [0.15, 0.2) is 0 Å². The molecule has 0 radical (unpaired) electrons. The zero-order chi connectivity index (χ0) is 19.3. The molecule has 0 aliphatic rings. The highest BCUT2D eigenvalue weighted by Crippen LogP contribution is 2.29. The van der Waals surface area contributed by atoms with Crippen LogP contribution in [0.3, 0.4) is 0 Å². The Morgan fingerprint density at radius 3 is 2.50 bits per heavy atom. The standard InChI is InChI=1S/C23H17BrN2OS/c24-20-12-5-4-11-19(20)22(27)25-14-16-7-6-10-18(13-16)23-26-21(15-28-23)17-8-2-1-3-9-17/h1-13,15H,14H2,(H,25,27). The number of rotatable bonds is 5. The Morgan fingerprint density at radius 2 is 1.68 bits per heavy atom. The number of hydrogen-bond acceptors (Lipinski definition) is 3. The molecule has 4 aromatic rings. The van der Waals surface area contributed by atoms with Crippen molar-refractivity contribution in [1.82, 2.24) is 10.3 Å². The lowest BCUT2D eigenvalue weighted by Gasteiger charge is -2.08. The van der Waals surface area contributed by atoms with Crippen LogP contribution in [0.2, 0.25) is 0 Å². The number of nitrogens with zero attached hydrogens (tertiary/aromatic N) is 1. The lowest BCUT2D eigenvalue weighted by Crippen LogP contribution is -2.23. The SMILES string of the molecule is O=C(NCc1cccc(-c2nc(-c3ccccc3)cs2)c1)c1ccccc1Br. The van der Waals surface area contributed by atoms with Gasteiger partial charge in [0.05, 0.1) is 11.3 Å². The molecule has 3 nitrogen and oxygen atoms in total. The third kappa shape index (κ3) is 4.21.